The Kier molecular flexibility index (Phi) is 3.91. The second-order valence-corrected chi connectivity index (χ2v) is 5.77. The molecular weight excluding hydrogens is 310 g/mol. The molecule has 0 heterocycles. The number of anilines is 1. The van der Waals surface area contributed by atoms with Gasteiger partial charge in [0.15, 0.2) is 0 Å². The maximum Gasteiger partial charge on any atom is 0.416 e. The van der Waals surface area contributed by atoms with Gasteiger partial charge in [0.1, 0.15) is 10.7 Å². The van der Waals surface area contributed by atoms with Gasteiger partial charge in [-0.1, -0.05) is 18.2 Å². The highest BCUT2D eigenvalue weighted by Gasteiger charge is 2.30. The molecule has 2 aromatic rings. The molecule has 3 nitrogen and oxygen atoms in total. The molecule has 0 amide bonds. The smallest absolute Gasteiger partial charge is 0.280 e. The van der Waals surface area contributed by atoms with E-state index in [2.05, 4.69) is 0 Å². The number of benzene rings is 2. The zero-order chi connectivity index (χ0) is 15.7. The van der Waals surface area contributed by atoms with Crippen molar-refractivity contribution in [3.05, 3.63) is 59.9 Å². The molecule has 21 heavy (non-hydrogen) atoms. The van der Waals surface area contributed by atoms with E-state index < -0.39 is 32.5 Å². The van der Waals surface area contributed by atoms with Crippen molar-refractivity contribution in [2.45, 2.75) is 11.1 Å². The summed E-state index contributed by atoms with van der Waals surface area (Å²) in [5.41, 5.74) is -1.30. The van der Waals surface area contributed by atoms with Crippen molar-refractivity contribution < 1.29 is 26.0 Å². The van der Waals surface area contributed by atoms with Gasteiger partial charge in [-0.15, -0.1) is 0 Å². The monoisotopic (exact) mass is 319 g/mol. The zero-order valence-electron chi connectivity index (χ0n) is 10.4. The molecule has 1 N–H and O–H groups in total. The average molecular weight is 319 g/mol. The van der Waals surface area contributed by atoms with E-state index in [-0.39, 0.29) is 5.69 Å². The Hall–Kier alpha value is -2.09. The topological polar surface area (TPSA) is 46.2 Å². The van der Waals surface area contributed by atoms with E-state index in [4.69, 9.17) is 0 Å². The molecule has 112 valence electrons. The minimum atomic E-state index is -4.60. The van der Waals surface area contributed by atoms with Gasteiger partial charge in [-0.05, 0) is 30.3 Å². The Morgan fingerprint density at radius 2 is 1.62 bits per heavy atom. The largest absolute Gasteiger partial charge is 0.416 e. The van der Waals surface area contributed by atoms with Crippen LogP contribution in [0.1, 0.15) is 5.56 Å². The van der Waals surface area contributed by atoms with Crippen molar-refractivity contribution >= 4 is 15.7 Å². The predicted octanol–water partition coefficient (Wildman–Crippen LogP) is 3.65. The Morgan fingerprint density at radius 3 is 2.24 bits per heavy atom. The summed E-state index contributed by atoms with van der Waals surface area (Å²) in [6.45, 7) is 0. The molecule has 0 bridgehead atoms. The lowest BCUT2D eigenvalue weighted by Gasteiger charge is -2.11. The number of rotatable bonds is 3. The third kappa shape index (κ3) is 3.52. The second-order valence-electron chi connectivity index (χ2n) is 4.11. The van der Waals surface area contributed by atoms with Crippen molar-refractivity contribution in [1.29, 1.82) is 0 Å². The highest BCUT2D eigenvalue weighted by Crippen LogP contribution is 2.31. The molecule has 0 aliphatic rings. The Bertz CT molecular complexity index is 757. The first kappa shape index (κ1) is 15.3. The van der Waals surface area contributed by atoms with Crippen LogP contribution in [0.4, 0.5) is 23.2 Å². The quantitative estimate of drug-likeness (QED) is 0.878. The summed E-state index contributed by atoms with van der Waals surface area (Å²) < 4.78 is 76.9. The van der Waals surface area contributed by atoms with E-state index in [0.29, 0.717) is 6.07 Å². The molecule has 2 rings (SSSR count). The van der Waals surface area contributed by atoms with Gasteiger partial charge in [0.2, 0.25) is 0 Å². The van der Waals surface area contributed by atoms with Gasteiger partial charge in [-0.3, -0.25) is 4.72 Å². The highest BCUT2D eigenvalue weighted by atomic mass is 32.2. The molecular formula is C13H9F4NO2S. The van der Waals surface area contributed by atoms with Crippen LogP contribution in [0.2, 0.25) is 0 Å². The Balaban J connectivity index is 2.36. The number of sulfonamides is 1. The van der Waals surface area contributed by atoms with Crippen LogP contribution >= 0.6 is 0 Å². The lowest BCUT2D eigenvalue weighted by atomic mass is 10.2. The van der Waals surface area contributed by atoms with Crippen LogP contribution in [0.15, 0.2) is 53.4 Å². The van der Waals surface area contributed by atoms with Gasteiger partial charge in [-0.25, -0.2) is 12.8 Å². The summed E-state index contributed by atoms with van der Waals surface area (Å²) in [4.78, 5) is -0.637. The maximum atomic E-state index is 13.5. The summed E-state index contributed by atoms with van der Waals surface area (Å²) in [6, 6.07) is 8.23. The van der Waals surface area contributed by atoms with E-state index >= 15 is 0 Å². The van der Waals surface area contributed by atoms with Gasteiger partial charge < -0.3 is 0 Å². The Morgan fingerprint density at radius 1 is 0.952 bits per heavy atom. The number of nitrogens with one attached hydrogen (secondary N) is 1. The summed E-state index contributed by atoms with van der Waals surface area (Å²) >= 11 is 0. The SMILES string of the molecule is O=S(=O)(Nc1cccc(C(F)(F)F)c1)c1ccccc1F. The molecule has 0 unspecified atom stereocenters. The van der Waals surface area contributed by atoms with Crippen molar-refractivity contribution in [2.24, 2.45) is 0 Å². The van der Waals surface area contributed by atoms with Crippen molar-refractivity contribution in [3.8, 4) is 0 Å². The van der Waals surface area contributed by atoms with E-state index in [1.807, 2.05) is 4.72 Å². The summed E-state index contributed by atoms with van der Waals surface area (Å²) in [5.74, 6) is -0.989. The van der Waals surface area contributed by atoms with Crippen LogP contribution < -0.4 is 4.72 Å². The first-order chi connectivity index (χ1) is 9.70. The van der Waals surface area contributed by atoms with Gasteiger partial charge >= 0.3 is 6.18 Å². The van der Waals surface area contributed by atoms with Crippen LogP contribution in [-0.2, 0) is 16.2 Å². The molecule has 0 spiro atoms. The number of alkyl halides is 3. The van der Waals surface area contributed by atoms with Crippen molar-refractivity contribution in [2.75, 3.05) is 4.72 Å². The van der Waals surface area contributed by atoms with Crippen LogP contribution in [0.5, 0.6) is 0 Å². The number of halogens is 4. The fourth-order valence-corrected chi connectivity index (χ4v) is 2.76. The molecule has 0 saturated heterocycles. The van der Waals surface area contributed by atoms with Gasteiger partial charge in [0.05, 0.1) is 5.56 Å². The third-order valence-corrected chi connectivity index (χ3v) is 3.98. The standard InChI is InChI=1S/C13H9F4NO2S/c14-11-6-1-2-7-12(11)21(19,20)18-10-5-3-4-9(8-10)13(15,16)17/h1-8,18H. The van der Waals surface area contributed by atoms with Gasteiger partial charge in [-0.2, -0.15) is 13.2 Å². The minimum absolute atomic E-state index is 0.298. The molecule has 0 saturated carbocycles. The lowest BCUT2D eigenvalue weighted by molar-refractivity contribution is -0.137. The number of hydrogen-bond acceptors (Lipinski definition) is 2. The van der Waals surface area contributed by atoms with Crippen LogP contribution in [0.3, 0.4) is 0 Å². The molecule has 0 aromatic heterocycles. The molecule has 0 atom stereocenters. The van der Waals surface area contributed by atoms with E-state index in [9.17, 15) is 26.0 Å². The molecule has 0 radical (unpaired) electrons. The fourth-order valence-electron chi connectivity index (χ4n) is 1.63. The van der Waals surface area contributed by atoms with Crippen LogP contribution in [0, 0.1) is 5.82 Å². The van der Waals surface area contributed by atoms with Gasteiger partial charge in [0, 0.05) is 5.69 Å². The lowest BCUT2D eigenvalue weighted by Crippen LogP contribution is -2.15. The minimum Gasteiger partial charge on any atom is -0.280 e. The van der Waals surface area contributed by atoms with Crippen molar-refractivity contribution in [1.82, 2.24) is 0 Å². The molecule has 0 fully saturated rings. The summed E-state index contributed by atoms with van der Waals surface area (Å²) in [5, 5.41) is 0. The van der Waals surface area contributed by atoms with E-state index in [1.54, 1.807) is 0 Å². The summed E-state index contributed by atoms with van der Waals surface area (Å²) in [6.07, 6.45) is -4.60. The number of hydrogen-bond donors (Lipinski definition) is 1. The van der Waals surface area contributed by atoms with Crippen LogP contribution in [0.25, 0.3) is 0 Å². The maximum absolute atomic E-state index is 13.5. The van der Waals surface area contributed by atoms with E-state index in [1.165, 1.54) is 12.1 Å². The normalized spacial score (nSPS) is 12.2. The van der Waals surface area contributed by atoms with Gasteiger partial charge in [0.25, 0.3) is 10.0 Å². The molecule has 2 aromatic carbocycles. The van der Waals surface area contributed by atoms with E-state index in [0.717, 1.165) is 30.3 Å². The molecule has 8 heteroatoms. The highest BCUT2D eigenvalue weighted by molar-refractivity contribution is 7.92. The average Bonchev–Trinajstić information content (AvgIpc) is 2.37. The van der Waals surface area contributed by atoms with Crippen LogP contribution in [-0.4, -0.2) is 8.42 Å². The predicted molar refractivity (Wildman–Crippen MR) is 68.7 cm³/mol. The first-order valence-electron chi connectivity index (χ1n) is 5.65. The Labute approximate surface area is 118 Å². The second kappa shape index (κ2) is 5.36. The molecule has 0 aliphatic heterocycles. The first-order valence-corrected chi connectivity index (χ1v) is 7.13. The summed E-state index contributed by atoms with van der Waals surface area (Å²) in [7, 11) is -4.30. The third-order valence-electron chi connectivity index (χ3n) is 2.57. The zero-order valence-corrected chi connectivity index (χ0v) is 11.2. The molecule has 0 aliphatic carbocycles. The van der Waals surface area contributed by atoms with Crippen molar-refractivity contribution in [3.63, 3.8) is 0 Å². The fraction of sp³-hybridized carbons (Fsp3) is 0.0769.